The standard InChI is InChI=1S/C16H17FN4O/c1-11(10-22-2)19-16-9-14(12-5-3-4-6-13(12)17)20-15-7-8-18-21(15)16/h3-9,11,19H,10H2,1-2H3/t11-/m0/s1. The largest absolute Gasteiger partial charge is 0.383 e. The molecule has 3 rings (SSSR count). The summed E-state index contributed by atoms with van der Waals surface area (Å²) in [7, 11) is 1.65. The van der Waals surface area contributed by atoms with Crippen molar-refractivity contribution < 1.29 is 9.13 Å². The molecule has 0 spiro atoms. The van der Waals surface area contributed by atoms with Crippen LogP contribution in [0.2, 0.25) is 0 Å². The first-order valence-electron chi connectivity index (χ1n) is 7.04. The van der Waals surface area contributed by atoms with Gasteiger partial charge >= 0.3 is 0 Å². The molecule has 1 aromatic carbocycles. The minimum atomic E-state index is -0.297. The smallest absolute Gasteiger partial charge is 0.157 e. The number of halogens is 1. The maximum atomic E-state index is 14.0. The summed E-state index contributed by atoms with van der Waals surface area (Å²) in [5, 5.41) is 7.56. The van der Waals surface area contributed by atoms with E-state index in [2.05, 4.69) is 15.4 Å². The topological polar surface area (TPSA) is 51.5 Å². The fourth-order valence-electron chi connectivity index (χ4n) is 2.37. The van der Waals surface area contributed by atoms with Crippen LogP contribution in [0.3, 0.4) is 0 Å². The Balaban J connectivity index is 2.07. The lowest BCUT2D eigenvalue weighted by Crippen LogP contribution is -2.22. The number of rotatable bonds is 5. The zero-order chi connectivity index (χ0) is 15.5. The van der Waals surface area contributed by atoms with Crippen LogP contribution in [-0.4, -0.2) is 34.4 Å². The molecule has 0 aliphatic carbocycles. The molecule has 0 unspecified atom stereocenters. The monoisotopic (exact) mass is 300 g/mol. The molecule has 0 aliphatic rings. The first-order valence-corrected chi connectivity index (χ1v) is 7.04. The third-order valence-corrected chi connectivity index (χ3v) is 3.32. The van der Waals surface area contributed by atoms with Crippen LogP contribution in [0.5, 0.6) is 0 Å². The predicted octanol–water partition coefficient (Wildman–Crippen LogP) is 2.98. The molecule has 5 nitrogen and oxygen atoms in total. The molecule has 0 bridgehead atoms. The molecular weight excluding hydrogens is 283 g/mol. The summed E-state index contributed by atoms with van der Waals surface area (Å²) < 4.78 is 20.8. The molecule has 1 atom stereocenters. The van der Waals surface area contributed by atoms with Gasteiger partial charge in [0, 0.05) is 30.8 Å². The number of ether oxygens (including phenoxy) is 1. The Morgan fingerprint density at radius 2 is 2.14 bits per heavy atom. The first-order chi connectivity index (χ1) is 10.7. The minimum absolute atomic E-state index is 0.0910. The molecule has 3 aromatic rings. The van der Waals surface area contributed by atoms with Crippen LogP contribution in [0.1, 0.15) is 6.92 Å². The van der Waals surface area contributed by atoms with Crippen molar-refractivity contribution in [2.75, 3.05) is 19.0 Å². The Kier molecular flexibility index (Phi) is 4.02. The first kappa shape index (κ1) is 14.5. The van der Waals surface area contributed by atoms with Gasteiger partial charge in [0.15, 0.2) is 5.65 Å². The number of hydrogen-bond donors (Lipinski definition) is 1. The maximum Gasteiger partial charge on any atom is 0.157 e. The van der Waals surface area contributed by atoms with Gasteiger partial charge in [0.2, 0.25) is 0 Å². The molecule has 6 heteroatoms. The lowest BCUT2D eigenvalue weighted by Gasteiger charge is -2.16. The molecule has 22 heavy (non-hydrogen) atoms. The van der Waals surface area contributed by atoms with Crippen LogP contribution in [0.25, 0.3) is 16.9 Å². The van der Waals surface area contributed by atoms with Crippen LogP contribution < -0.4 is 5.32 Å². The molecule has 0 saturated heterocycles. The summed E-state index contributed by atoms with van der Waals surface area (Å²) in [6, 6.07) is 10.3. The Morgan fingerprint density at radius 1 is 1.32 bits per heavy atom. The quantitative estimate of drug-likeness (QED) is 0.787. The molecule has 0 radical (unpaired) electrons. The molecule has 114 valence electrons. The summed E-state index contributed by atoms with van der Waals surface area (Å²) >= 11 is 0. The van der Waals surface area contributed by atoms with E-state index >= 15 is 0 Å². The van der Waals surface area contributed by atoms with Gasteiger partial charge in [-0.3, -0.25) is 0 Å². The van der Waals surface area contributed by atoms with Crippen LogP contribution in [0.4, 0.5) is 10.2 Å². The van der Waals surface area contributed by atoms with Gasteiger partial charge in [-0.15, -0.1) is 0 Å². The van der Waals surface area contributed by atoms with Crippen molar-refractivity contribution in [1.82, 2.24) is 14.6 Å². The fraction of sp³-hybridized carbons (Fsp3) is 0.250. The minimum Gasteiger partial charge on any atom is -0.383 e. The van der Waals surface area contributed by atoms with E-state index < -0.39 is 0 Å². The van der Waals surface area contributed by atoms with Gasteiger partial charge in [0.25, 0.3) is 0 Å². The van der Waals surface area contributed by atoms with Gasteiger partial charge in [-0.2, -0.15) is 9.61 Å². The number of methoxy groups -OCH3 is 1. The maximum absolute atomic E-state index is 14.0. The summed E-state index contributed by atoms with van der Waals surface area (Å²) in [5.74, 6) is 0.451. The van der Waals surface area contributed by atoms with Crippen LogP contribution in [0.15, 0.2) is 42.6 Å². The average molecular weight is 300 g/mol. The summed E-state index contributed by atoms with van der Waals surface area (Å²) in [6.45, 7) is 2.56. The van der Waals surface area contributed by atoms with Crippen LogP contribution in [0, 0.1) is 5.82 Å². The zero-order valence-electron chi connectivity index (χ0n) is 12.5. The zero-order valence-corrected chi connectivity index (χ0v) is 12.5. The highest BCUT2D eigenvalue weighted by Gasteiger charge is 2.12. The molecule has 0 fully saturated rings. The Morgan fingerprint density at radius 3 is 2.91 bits per heavy atom. The summed E-state index contributed by atoms with van der Waals surface area (Å²) in [4.78, 5) is 4.47. The molecule has 2 aromatic heterocycles. The van der Waals surface area contributed by atoms with E-state index in [1.807, 2.05) is 6.92 Å². The second-order valence-corrected chi connectivity index (χ2v) is 5.11. The molecule has 0 amide bonds. The molecule has 1 N–H and O–H groups in total. The van der Waals surface area contributed by atoms with Crippen molar-refractivity contribution in [2.24, 2.45) is 0 Å². The molecule has 2 heterocycles. The number of aromatic nitrogens is 3. The van der Waals surface area contributed by atoms with Crippen molar-refractivity contribution >= 4 is 11.5 Å². The van der Waals surface area contributed by atoms with E-state index in [1.54, 1.807) is 48.2 Å². The second-order valence-electron chi connectivity index (χ2n) is 5.11. The summed E-state index contributed by atoms with van der Waals surface area (Å²) in [5.41, 5.74) is 1.69. The number of nitrogens with zero attached hydrogens (tertiary/aromatic N) is 3. The van der Waals surface area contributed by atoms with Gasteiger partial charge in [-0.05, 0) is 19.1 Å². The van der Waals surface area contributed by atoms with Crippen molar-refractivity contribution in [2.45, 2.75) is 13.0 Å². The number of nitrogens with one attached hydrogen (secondary N) is 1. The molecular formula is C16H17FN4O. The van der Waals surface area contributed by atoms with Crippen molar-refractivity contribution in [1.29, 1.82) is 0 Å². The predicted molar refractivity (Wildman–Crippen MR) is 83.3 cm³/mol. The third-order valence-electron chi connectivity index (χ3n) is 3.32. The van der Waals surface area contributed by atoms with Crippen molar-refractivity contribution in [3.63, 3.8) is 0 Å². The average Bonchev–Trinajstić information content (AvgIpc) is 2.96. The van der Waals surface area contributed by atoms with Gasteiger partial charge in [0.05, 0.1) is 18.5 Å². The Labute approximate surface area is 127 Å². The van der Waals surface area contributed by atoms with E-state index in [4.69, 9.17) is 4.74 Å². The lowest BCUT2D eigenvalue weighted by atomic mass is 10.1. The van der Waals surface area contributed by atoms with Gasteiger partial charge in [0.1, 0.15) is 11.6 Å². The highest BCUT2D eigenvalue weighted by Crippen LogP contribution is 2.24. The Bertz CT molecular complexity index is 787. The Hall–Kier alpha value is -2.47. The number of fused-ring (bicyclic) bond motifs is 1. The van der Waals surface area contributed by atoms with Gasteiger partial charge < -0.3 is 10.1 Å². The van der Waals surface area contributed by atoms with Crippen LogP contribution in [-0.2, 0) is 4.74 Å². The molecule has 0 saturated carbocycles. The van der Waals surface area contributed by atoms with E-state index in [9.17, 15) is 4.39 Å². The van der Waals surface area contributed by atoms with Crippen molar-refractivity contribution in [3.8, 4) is 11.3 Å². The highest BCUT2D eigenvalue weighted by atomic mass is 19.1. The van der Waals surface area contributed by atoms with Crippen LogP contribution >= 0.6 is 0 Å². The SMILES string of the molecule is COC[C@H](C)Nc1cc(-c2ccccc2F)nc2ccnn12. The van der Waals surface area contributed by atoms with Gasteiger partial charge in [-0.25, -0.2) is 9.37 Å². The van der Waals surface area contributed by atoms with Crippen molar-refractivity contribution in [3.05, 3.63) is 48.4 Å². The fourth-order valence-corrected chi connectivity index (χ4v) is 2.37. The highest BCUT2D eigenvalue weighted by molar-refractivity contribution is 5.67. The van der Waals surface area contributed by atoms with E-state index in [-0.39, 0.29) is 11.9 Å². The number of benzene rings is 1. The summed E-state index contributed by atoms with van der Waals surface area (Å²) in [6.07, 6.45) is 1.67. The third kappa shape index (κ3) is 2.78. The molecule has 0 aliphatic heterocycles. The second kappa shape index (κ2) is 6.11. The lowest BCUT2D eigenvalue weighted by molar-refractivity contribution is 0.190. The van der Waals surface area contributed by atoms with E-state index in [1.165, 1.54) is 6.07 Å². The van der Waals surface area contributed by atoms with E-state index in [0.717, 1.165) is 5.82 Å². The number of hydrogen-bond acceptors (Lipinski definition) is 4. The van der Waals surface area contributed by atoms with Gasteiger partial charge in [-0.1, -0.05) is 12.1 Å². The normalized spacial score (nSPS) is 12.5. The number of anilines is 1. The van der Waals surface area contributed by atoms with E-state index in [0.29, 0.717) is 23.5 Å².